The van der Waals surface area contributed by atoms with Crippen LogP contribution in [0.5, 0.6) is 0 Å². The molecule has 0 bridgehead atoms. The van der Waals surface area contributed by atoms with Crippen LogP contribution in [0.4, 0.5) is 0 Å². The maximum absolute atomic E-state index is 12.5. The summed E-state index contributed by atoms with van der Waals surface area (Å²) in [6.45, 7) is 3.00. The highest BCUT2D eigenvalue weighted by atomic mass is 16.2. The Balaban J connectivity index is 1.62. The first-order valence-electron chi connectivity index (χ1n) is 7.82. The number of benzene rings is 1. The monoisotopic (exact) mass is 298 g/mol. The molecule has 1 fully saturated rings. The molecule has 5 nitrogen and oxygen atoms in total. The molecule has 1 amide bonds. The van der Waals surface area contributed by atoms with E-state index in [0.29, 0.717) is 18.0 Å². The smallest absolute Gasteiger partial charge is 0.257 e. The molecule has 0 radical (unpaired) electrons. The molecule has 0 saturated carbocycles. The first kappa shape index (κ1) is 14.8. The Morgan fingerprint density at radius 3 is 2.64 bits per heavy atom. The molecule has 2 N–H and O–H groups in total. The summed E-state index contributed by atoms with van der Waals surface area (Å²) < 4.78 is 1.81. The Morgan fingerprint density at radius 2 is 1.95 bits per heavy atom. The van der Waals surface area contributed by atoms with Crippen LogP contribution < -0.4 is 5.73 Å². The molecule has 5 heteroatoms. The molecule has 22 heavy (non-hydrogen) atoms. The van der Waals surface area contributed by atoms with E-state index < -0.39 is 0 Å². The number of carbonyl (C=O) groups is 1. The summed E-state index contributed by atoms with van der Waals surface area (Å²) in [5, 5.41) is 4.31. The van der Waals surface area contributed by atoms with Gasteiger partial charge in [0.25, 0.3) is 5.91 Å². The van der Waals surface area contributed by atoms with Gasteiger partial charge in [0.1, 0.15) is 0 Å². The van der Waals surface area contributed by atoms with Gasteiger partial charge in [-0.05, 0) is 30.9 Å². The number of rotatable bonds is 4. The number of hydrogen-bond acceptors (Lipinski definition) is 3. The van der Waals surface area contributed by atoms with Crippen LogP contribution in [-0.4, -0.2) is 40.2 Å². The zero-order chi connectivity index (χ0) is 15.4. The van der Waals surface area contributed by atoms with Crippen molar-refractivity contribution in [1.82, 2.24) is 14.7 Å². The summed E-state index contributed by atoms with van der Waals surface area (Å²) >= 11 is 0. The van der Waals surface area contributed by atoms with Crippen molar-refractivity contribution in [3.8, 4) is 0 Å². The summed E-state index contributed by atoms with van der Waals surface area (Å²) in [5.41, 5.74) is 7.54. The largest absolute Gasteiger partial charge is 0.339 e. The highest BCUT2D eigenvalue weighted by Crippen LogP contribution is 2.18. The minimum Gasteiger partial charge on any atom is -0.339 e. The Bertz CT molecular complexity index is 615. The van der Waals surface area contributed by atoms with Crippen molar-refractivity contribution >= 4 is 5.91 Å². The first-order valence-corrected chi connectivity index (χ1v) is 7.82. The maximum Gasteiger partial charge on any atom is 0.257 e. The lowest BCUT2D eigenvalue weighted by Gasteiger charge is -2.31. The average Bonchev–Trinajstić information content (AvgIpc) is 3.04. The number of nitrogens with zero attached hydrogens (tertiary/aromatic N) is 3. The van der Waals surface area contributed by atoms with Crippen molar-refractivity contribution in [2.24, 2.45) is 11.7 Å². The SMILES string of the molecule is NCC1CCN(C(=O)c2cnn(Cc3ccccc3)c2)CC1. The second kappa shape index (κ2) is 6.75. The lowest BCUT2D eigenvalue weighted by molar-refractivity contribution is 0.0693. The summed E-state index contributed by atoms with van der Waals surface area (Å²) in [4.78, 5) is 14.4. The highest BCUT2D eigenvalue weighted by molar-refractivity contribution is 5.93. The molecule has 2 heterocycles. The Hall–Kier alpha value is -2.14. The van der Waals surface area contributed by atoms with Crippen molar-refractivity contribution in [3.05, 3.63) is 53.9 Å². The van der Waals surface area contributed by atoms with Gasteiger partial charge in [0.2, 0.25) is 0 Å². The lowest BCUT2D eigenvalue weighted by atomic mass is 9.97. The third-order valence-corrected chi connectivity index (χ3v) is 4.30. The van der Waals surface area contributed by atoms with Gasteiger partial charge in [-0.3, -0.25) is 9.48 Å². The Morgan fingerprint density at radius 1 is 1.23 bits per heavy atom. The second-order valence-electron chi connectivity index (χ2n) is 5.88. The van der Waals surface area contributed by atoms with Gasteiger partial charge in [0.15, 0.2) is 0 Å². The molecule has 1 aliphatic heterocycles. The Kier molecular flexibility index (Phi) is 4.53. The van der Waals surface area contributed by atoms with Crippen LogP contribution in [-0.2, 0) is 6.54 Å². The van der Waals surface area contributed by atoms with Crippen molar-refractivity contribution < 1.29 is 4.79 Å². The molecule has 1 aromatic carbocycles. The van der Waals surface area contributed by atoms with Gasteiger partial charge in [-0.15, -0.1) is 0 Å². The maximum atomic E-state index is 12.5. The van der Waals surface area contributed by atoms with Gasteiger partial charge in [-0.1, -0.05) is 30.3 Å². The number of carbonyl (C=O) groups excluding carboxylic acids is 1. The summed E-state index contributed by atoms with van der Waals surface area (Å²) in [6, 6.07) is 10.1. The number of aromatic nitrogens is 2. The quantitative estimate of drug-likeness (QED) is 0.935. The normalized spacial score (nSPS) is 16.0. The van der Waals surface area contributed by atoms with E-state index in [4.69, 9.17) is 5.73 Å². The van der Waals surface area contributed by atoms with E-state index in [1.165, 1.54) is 5.56 Å². The molecule has 0 spiro atoms. The molecule has 1 aromatic heterocycles. The van der Waals surface area contributed by atoms with E-state index in [2.05, 4.69) is 17.2 Å². The lowest BCUT2D eigenvalue weighted by Crippen LogP contribution is -2.39. The van der Waals surface area contributed by atoms with E-state index in [0.717, 1.165) is 32.5 Å². The van der Waals surface area contributed by atoms with Gasteiger partial charge in [0, 0.05) is 19.3 Å². The van der Waals surface area contributed by atoms with Crippen molar-refractivity contribution in [3.63, 3.8) is 0 Å². The fourth-order valence-corrected chi connectivity index (χ4v) is 2.89. The molecule has 116 valence electrons. The average molecular weight is 298 g/mol. The minimum atomic E-state index is 0.0785. The summed E-state index contributed by atoms with van der Waals surface area (Å²) in [6.07, 6.45) is 5.51. The van der Waals surface area contributed by atoms with Crippen LogP contribution in [0.2, 0.25) is 0 Å². The van der Waals surface area contributed by atoms with Crippen LogP contribution in [0.25, 0.3) is 0 Å². The topological polar surface area (TPSA) is 64.2 Å². The van der Waals surface area contributed by atoms with Gasteiger partial charge in [0.05, 0.1) is 18.3 Å². The third-order valence-electron chi connectivity index (χ3n) is 4.30. The predicted octanol–water partition coefficient (Wildman–Crippen LogP) is 1.74. The van der Waals surface area contributed by atoms with E-state index >= 15 is 0 Å². The van der Waals surface area contributed by atoms with E-state index in [-0.39, 0.29) is 5.91 Å². The van der Waals surface area contributed by atoms with Crippen molar-refractivity contribution in [1.29, 1.82) is 0 Å². The minimum absolute atomic E-state index is 0.0785. The first-order chi connectivity index (χ1) is 10.8. The number of amides is 1. The zero-order valence-corrected chi connectivity index (χ0v) is 12.7. The van der Waals surface area contributed by atoms with Gasteiger partial charge >= 0.3 is 0 Å². The molecule has 3 rings (SSSR count). The zero-order valence-electron chi connectivity index (χ0n) is 12.7. The van der Waals surface area contributed by atoms with Crippen LogP contribution in [0, 0.1) is 5.92 Å². The molecule has 2 aromatic rings. The summed E-state index contributed by atoms with van der Waals surface area (Å²) in [5.74, 6) is 0.639. The van der Waals surface area contributed by atoms with Gasteiger partial charge in [-0.2, -0.15) is 5.10 Å². The number of nitrogens with two attached hydrogens (primary N) is 1. The molecule has 0 unspecified atom stereocenters. The molecule has 0 aliphatic carbocycles. The van der Waals surface area contributed by atoms with Crippen molar-refractivity contribution in [2.45, 2.75) is 19.4 Å². The van der Waals surface area contributed by atoms with Crippen LogP contribution in [0.15, 0.2) is 42.7 Å². The molecule has 0 atom stereocenters. The fourth-order valence-electron chi connectivity index (χ4n) is 2.89. The van der Waals surface area contributed by atoms with E-state index in [1.54, 1.807) is 6.20 Å². The van der Waals surface area contributed by atoms with Crippen LogP contribution >= 0.6 is 0 Å². The highest BCUT2D eigenvalue weighted by Gasteiger charge is 2.23. The van der Waals surface area contributed by atoms with Crippen LogP contribution in [0.1, 0.15) is 28.8 Å². The van der Waals surface area contributed by atoms with Gasteiger partial charge < -0.3 is 10.6 Å². The summed E-state index contributed by atoms with van der Waals surface area (Å²) in [7, 11) is 0. The molecular weight excluding hydrogens is 276 g/mol. The van der Waals surface area contributed by atoms with E-state index in [1.807, 2.05) is 34.0 Å². The number of hydrogen-bond donors (Lipinski definition) is 1. The third kappa shape index (κ3) is 3.36. The number of likely N-dealkylation sites (tertiary alicyclic amines) is 1. The molecule has 1 aliphatic rings. The fraction of sp³-hybridized carbons (Fsp3) is 0.412. The molecular formula is C17H22N4O. The van der Waals surface area contributed by atoms with Crippen LogP contribution in [0.3, 0.4) is 0 Å². The molecule has 1 saturated heterocycles. The van der Waals surface area contributed by atoms with E-state index in [9.17, 15) is 4.79 Å². The standard InChI is InChI=1S/C17H22N4O/c18-10-14-6-8-20(9-7-14)17(22)16-11-19-21(13-16)12-15-4-2-1-3-5-15/h1-5,11,13-14H,6-10,12,18H2. The number of piperidine rings is 1. The van der Waals surface area contributed by atoms with Gasteiger partial charge in [-0.25, -0.2) is 0 Å². The van der Waals surface area contributed by atoms with Crippen molar-refractivity contribution in [2.75, 3.05) is 19.6 Å². The predicted molar refractivity (Wildman–Crippen MR) is 85.5 cm³/mol. The Labute approximate surface area is 130 Å². The second-order valence-corrected chi connectivity index (χ2v) is 5.88.